The van der Waals surface area contributed by atoms with Crippen molar-refractivity contribution in [3.05, 3.63) is 60.2 Å². The zero-order chi connectivity index (χ0) is 15.3. The highest BCUT2D eigenvalue weighted by atomic mass is 16.6. The number of ether oxygens (including phenoxy) is 2. The van der Waals surface area contributed by atoms with Crippen molar-refractivity contribution >= 4 is 5.97 Å². The van der Waals surface area contributed by atoms with Crippen LogP contribution in [-0.4, -0.2) is 25.3 Å². The van der Waals surface area contributed by atoms with E-state index in [0.29, 0.717) is 6.61 Å². The van der Waals surface area contributed by atoms with E-state index >= 15 is 0 Å². The van der Waals surface area contributed by atoms with Crippen LogP contribution < -0.4 is 0 Å². The van der Waals surface area contributed by atoms with E-state index in [1.165, 1.54) is 11.6 Å². The molecule has 0 aromatic heterocycles. The van der Waals surface area contributed by atoms with E-state index in [0.717, 1.165) is 12.8 Å². The van der Waals surface area contributed by atoms with E-state index in [1.807, 2.05) is 38.1 Å². The number of carbonyl (C=O) groups excluding carboxylic acids is 1. The SMILES string of the molecule is CC=CC=CC(=O)OCC(C)OCCCc1ccccc1. The molecule has 3 nitrogen and oxygen atoms in total. The Balaban J connectivity index is 2.08. The van der Waals surface area contributed by atoms with Crippen LogP contribution >= 0.6 is 0 Å². The first kappa shape index (κ1) is 17.2. The molecule has 0 saturated heterocycles. The summed E-state index contributed by atoms with van der Waals surface area (Å²) >= 11 is 0. The van der Waals surface area contributed by atoms with E-state index in [4.69, 9.17) is 9.47 Å². The maximum Gasteiger partial charge on any atom is 0.330 e. The minimum atomic E-state index is -0.340. The fraction of sp³-hybridized carbons (Fsp3) is 0.389. The van der Waals surface area contributed by atoms with Crippen LogP contribution in [0.2, 0.25) is 0 Å². The molecule has 1 atom stereocenters. The number of allylic oxidation sites excluding steroid dienone is 3. The number of aryl methyl sites for hydroxylation is 1. The van der Waals surface area contributed by atoms with Crippen molar-refractivity contribution in [2.45, 2.75) is 32.8 Å². The van der Waals surface area contributed by atoms with Crippen LogP contribution in [0.3, 0.4) is 0 Å². The third-order valence-electron chi connectivity index (χ3n) is 2.85. The van der Waals surface area contributed by atoms with Crippen LogP contribution in [0, 0.1) is 0 Å². The zero-order valence-electron chi connectivity index (χ0n) is 12.8. The average molecular weight is 288 g/mol. The second kappa shape index (κ2) is 10.9. The van der Waals surface area contributed by atoms with Gasteiger partial charge in [-0.1, -0.05) is 48.6 Å². The summed E-state index contributed by atoms with van der Waals surface area (Å²) in [7, 11) is 0. The molecule has 114 valence electrons. The highest BCUT2D eigenvalue weighted by Crippen LogP contribution is 2.03. The Hall–Kier alpha value is -1.87. The number of esters is 1. The predicted octanol–water partition coefficient (Wildman–Crippen LogP) is 3.70. The summed E-state index contributed by atoms with van der Waals surface area (Å²) in [6, 6.07) is 10.3. The number of hydrogen-bond donors (Lipinski definition) is 0. The van der Waals surface area contributed by atoms with Gasteiger partial charge < -0.3 is 9.47 Å². The second-order valence-corrected chi connectivity index (χ2v) is 4.79. The van der Waals surface area contributed by atoms with Gasteiger partial charge in [-0.15, -0.1) is 0 Å². The Morgan fingerprint density at radius 3 is 2.71 bits per heavy atom. The molecule has 0 bridgehead atoms. The Kier molecular flexibility index (Phi) is 8.89. The summed E-state index contributed by atoms with van der Waals surface area (Å²) < 4.78 is 10.7. The summed E-state index contributed by atoms with van der Waals surface area (Å²) in [5, 5.41) is 0. The molecular formula is C18H24O3. The summed E-state index contributed by atoms with van der Waals surface area (Å²) in [6.07, 6.45) is 8.58. The van der Waals surface area contributed by atoms with Crippen molar-refractivity contribution in [2.75, 3.05) is 13.2 Å². The molecule has 0 saturated carbocycles. The van der Waals surface area contributed by atoms with Crippen LogP contribution in [0.25, 0.3) is 0 Å². The Labute approximate surface area is 127 Å². The van der Waals surface area contributed by atoms with Crippen LogP contribution in [0.5, 0.6) is 0 Å². The molecule has 0 spiro atoms. The highest BCUT2D eigenvalue weighted by molar-refractivity contribution is 5.82. The molecule has 1 aromatic carbocycles. The van der Waals surface area contributed by atoms with E-state index in [2.05, 4.69) is 12.1 Å². The quantitative estimate of drug-likeness (QED) is 0.301. The molecule has 0 amide bonds. The number of rotatable bonds is 9. The maximum atomic E-state index is 11.3. The lowest BCUT2D eigenvalue weighted by Crippen LogP contribution is -2.19. The molecule has 1 rings (SSSR count). The second-order valence-electron chi connectivity index (χ2n) is 4.79. The number of carbonyl (C=O) groups is 1. The summed E-state index contributed by atoms with van der Waals surface area (Å²) in [6.45, 7) is 4.75. The van der Waals surface area contributed by atoms with E-state index in [-0.39, 0.29) is 18.7 Å². The number of hydrogen-bond acceptors (Lipinski definition) is 3. The molecule has 1 unspecified atom stereocenters. The first-order valence-corrected chi connectivity index (χ1v) is 7.34. The maximum absolute atomic E-state index is 11.3. The van der Waals surface area contributed by atoms with Gasteiger partial charge in [-0.05, 0) is 32.3 Å². The lowest BCUT2D eigenvalue weighted by molar-refractivity contribution is -0.141. The third kappa shape index (κ3) is 8.82. The van der Waals surface area contributed by atoms with E-state index < -0.39 is 0 Å². The van der Waals surface area contributed by atoms with Crippen LogP contribution in [0.4, 0.5) is 0 Å². The molecular weight excluding hydrogens is 264 g/mol. The van der Waals surface area contributed by atoms with Gasteiger partial charge in [0, 0.05) is 12.7 Å². The van der Waals surface area contributed by atoms with Gasteiger partial charge in [-0.2, -0.15) is 0 Å². The van der Waals surface area contributed by atoms with Gasteiger partial charge in [-0.25, -0.2) is 4.79 Å². The van der Waals surface area contributed by atoms with E-state index in [1.54, 1.807) is 12.2 Å². The van der Waals surface area contributed by atoms with Crippen molar-refractivity contribution in [1.29, 1.82) is 0 Å². The highest BCUT2D eigenvalue weighted by Gasteiger charge is 2.05. The Morgan fingerprint density at radius 1 is 1.24 bits per heavy atom. The van der Waals surface area contributed by atoms with E-state index in [9.17, 15) is 4.79 Å². The van der Waals surface area contributed by atoms with Gasteiger partial charge in [0.2, 0.25) is 0 Å². The molecule has 0 aliphatic heterocycles. The van der Waals surface area contributed by atoms with Crippen molar-refractivity contribution in [3.8, 4) is 0 Å². The number of benzene rings is 1. The smallest absolute Gasteiger partial charge is 0.330 e. The molecule has 0 N–H and O–H groups in total. The standard InChI is InChI=1S/C18H24O3/c1-3-4-6-13-18(19)21-15-16(2)20-14-9-12-17-10-7-5-8-11-17/h3-8,10-11,13,16H,9,12,14-15H2,1-2H3. The molecule has 21 heavy (non-hydrogen) atoms. The largest absolute Gasteiger partial charge is 0.460 e. The van der Waals surface area contributed by atoms with Crippen LogP contribution in [0.15, 0.2) is 54.6 Å². The average Bonchev–Trinajstić information content (AvgIpc) is 2.51. The lowest BCUT2D eigenvalue weighted by atomic mass is 10.1. The molecule has 0 fully saturated rings. The Morgan fingerprint density at radius 2 is 2.00 bits per heavy atom. The van der Waals surface area contributed by atoms with Gasteiger partial charge >= 0.3 is 5.97 Å². The van der Waals surface area contributed by atoms with Crippen LogP contribution in [-0.2, 0) is 20.7 Å². The van der Waals surface area contributed by atoms with Crippen molar-refractivity contribution in [3.63, 3.8) is 0 Å². The summed E-state index contributed by atoms with van der Waals surface area (Å²) in [5.41, 5.74) is 1.31. The van der Waals surface area contributed by atoms with Gasteiger partial charge in [0.1, 0.15) is 6.61 Å². The molecule has 0 aliphatic carbocycles. The fourth-order valence-corrected chi connectivity index (χ4v) is 1.75. The Bertz CT molecular complexity index is 449. The summed E-state index contributed by atoms with van der Waals surface area (Å²) in [4.78, 5) is 11.3. The summed E-state index contributed by atoms with van der Waals surface area (Å²) in [5.74, 6) is -0.340. The van der Waals surface area contributed by atoms with Crippen molar-refractivity contribution < 1.29 is 14.3 Å². The van der Waals surface area contributed by atoms with Gasteiger partial charge in [0.25, 0.3) is 0 Å². The van der Waals surface area contributed by atoms with Gasteiger partial charge in [-0.3, -0.25) is 0 Å². The molecule has 0 aliphatic rings. The van der Waals surface area contributed by atoms with Gasteiger partial charge in [0.05, 0.1) is 6.10 Å². The molecule has 1 aromatic rings. The minimum Gasteiger partial charge on any atom is -0.460 e. The molecule has 0 radical (unpaired) electrons. The predicted molar refractivity (Wildman–Crippen MR) is 85.1 cm³/mol. The fourth-order valence-electron chi connectivity index (χ4n) is 1.75. The van der Waals surface area contributed by atoms with Crippen molar-refractivity contribution in [2.24, 2.45) is 0 Å². The lowest BCUT2D eigenvalue weighted by Gasteiger charge is -2.12. The topological polar surface area (TPSA) is 35.5 Å². The zero-order valence-corrected chi connectivity index (χ0v) is 12.8. The first-order chi connectivity index (χ1) is 10.2. The molecule has 0 heterocycles. The first-order valence-electron chi connectivity index (χ1n) is 7.34. The normalized spacial score (nSPS) is 12.9. The van der Waals surface area contributed by atoms with Gasteiger partial charge in [0.15, 0.2) is 0 Å². The minimum absolute atomic E-state index is 0.0835. The third-order valence-corrected chi connectivity index (χ3v) is 2.85. The van der Waals surface area contributed by atoms with Crippen molar-refractivity contribution in [1.82, 2.24) is 0 Å². The molecule has 3 heteroatoms. The van der Waals surface area contributed by atoms with Crippen LogP contribution in [0.1, 0.15) is 25.8 Å². The monoisotopic (exact) mass is 288 g/mol.